The summed E-state index contributed by atoms with van der Waals surface area (Å²) in [6.45, 7) is 5.33. The van der Waals surface area contributed by atoms with E-state index in [0.29, 0.717) is 6.42 Å². The van der Waals surface area contributed by atoms with Gasteiger partial charge in [0.1, 0.15) is 0 Å². The highest BCUT2D eigenvalue weighted by molar-refractivity contribution is 5.96. The van der Waals surface area contributed by atoms with Gasteiger partial charge in [-0.25, -0.2) is 4.39 Å². The molecule has 0 bridgehead atoms. The van der Waals surface area contributed by atoms with Gasteiger partial charge < -0.3 is 4.74 Å². The molecule has 0 N–H and O–H groups in total. The summed E-state index contributed by atoms with van der Waals surface area (Å²) in [5.41, 5.74) is 0.107. The van der Waals surface area contributed by atoms with Gasteiger partial charge in [0.05, 0.1) is 11.7 Å². The van der Waals surface area contributed by atoms with Gasteiger partial charge in [0, 0.05) is 6.42 Å². The van der Waals surface area contributed by atoms with Gasteiger partial charge in [-0.05, 0) is 26.0 Å². The van der Waals surface area contributed by atoms with Crippen LogP contribution in [0.25, 0.3) is 0 Å². The molecule has 0 fully saturated rings. The highest BCUT2D eigenvalue weighted by Crippen LogP contribution is 2.22. The molecule has 0 saturated heterocycles. The number of hydrogen-bond acceptors (Lipinski definition) is 2. The van der Waals surface area contributed by atoms with Crippen molar-refractivity contribution in [3.63, 3.8) is 0 Å². The number of carbonyl (C=O) groups is 1. The number of ketones is 1. The molecule has 1 aromatic carbocycles. The summed E-state index contributed by atoms with van der Waals surface area (Å²) in [6.07, 6.45) is 0.189. The van der Waals surface area contributed by atoms with Crippen LogP contribution in [0.5, 0.6) is 5.75 Å². The first kappa shape index (κ1) is 11.7. The summed E-state index contributed by atoms with van der Waals surface area (Å²) >= 11 is 0. The Bertz CT molecular complexity index is 359. The minimum Gasteiger partial charge on any atom is -0.488 e. The van der Waals surface area contributed by atoms with Gasteiger partial charge >= 0.3 is 0 Å². The van der Waals surface area contributed by atoms with Crippen molar-refractivity contribution >= 4 is 5.78 Å². The first-order chi connectivity index (χ1) is 7.06. The second-order valence-electron chi connectivity index (χ2n) is 3.56. The summed E-state index contributed by atoms with van der Waals surface area (Å²) in [5, 5.41) is 0. The molecule has 3 heteroatoms. The van der Waals surface area contributed by atoms with Crippen molar-refractivity contribution < 1.29 is 13.9 Å². The molecule has 1 rings (SSSR count). The van der Waals surface area contributed by atoms with Gasteiger partial charge in [-0.2, -0.15) is 0 Å². The second-order valence-corrected chi connectivity index (χ2v) is 3.56. The lowest BCUT2D eigenvalue weighted by atomic mass is 10.1. The Hall–Kier alpha value is -1.38. The van der Waals surface area contributed by atoms with E-state index >= 15 is 0 Å². The van der Waals surface area contributed by atoms with Crippen molar-refractivity contribution in [3.05, 3.63) is 29.6 Å². The molecule has 0 aliphatic rings. The maximum absolute atomic E-state index is 13.7. The number of halogens is 1. The highest BCUT2D eigenvalue weighted by Gasteiger charge is 2.14. The van der Waals surface area contributed by atoms with Crippen LogP contribution < -0.4 is 4.74 Å². The summed E-state index contributed by atoms with van der Waals surface area (Å²) < 4.78 is 19.0. The first-order valence-corrected chi connectivity index (χ1v) is 5.04. The molecule has 0 aromatic heterocycles. The zero-order valence-corrected chi connectivity index (χ0v) is 9.21. The summed E-state index contributed by atoms with van der Waals surface area (Å²) in [6, 6.07) is 4.64. The van der Waals surface area contributed by atoms with E-state index in [1.807, 2.05) is 13.8 Å². The molecule has 0 aliphatic carbocycles. The monoisotopic (exact) mass is 210 g/mol. The van der Waals surface area contributed by atoms with Gasteiger partial charge in [0.15, 0.2) is 17.3 Å². The Morgan fingerprint density at radius 1 is 1.47 bits per heavy atom. The fourth-order valence-corrected chi connectivity index (χ4v) is 1.26. The topological polar surface area (TPSA) is 26.3 Å². The van der Waals surface area contributed by atoms with Crippen LogP contribution in [-0.4, -0.2) is 11.9 Å². The molecular formula is C12H15FO2. The van der Waals surface area contributed by atoms with Crippen LogP contribution in [0, 0.1) is 5.82 Å². The average molecular weight is 210 g/mol. The molecule has 15 heavy (non-hydrogen) atoms. The molecule has 82 valence electrons. The van der Waals surface area contributed by atoms with Gasteiger partial charge in [0.25, 0.3) is 0 Å². The van der Waals surface area contributed by atoms with E-state index in [1.165, 1.54) is 12.1 Å². The quantitative estimate of drug-likeness (QED) is 0.713. The van der Waals surface area contributed by atoms with E-state index in [1.54, 1.807) is 13.0 Å². The van der Waals surface area contributed by atoms with E-state index in [2.05, 4.69) is 0 Å². The van der Waals surface area contributed by atoms with E-state index < -0.39 is 5.82 Å². The van der Waals surface area contributed by atoms with Gasteiger partial charge in [-0.15, -0.1) is 0 Å². The van der Waals surface area contributed by atoms with Crippen molar-refractivity contribution in [2.75, 3.05) is 0 Å². The second kappa shape index (κ2) is 4.91. The van der Waals surface area contributed by atoms with E-state index in [4.69, 9.17) is 4.74 Å². The van der Waals surface area contributed by atoms with Crippen molar-refractivity contribution in [3.8, 4) is 5.75 Å². The summed E-state index contributed by atoms with van der Waals surface area (Å²) in [5.74, 6) is -0.621. The molecule has 0 aliphatic heterocycles. The number of benzene rings is 1. The zero-order valence-electron chi connectivity index (χ0n) is 9.21. The number of ether oxygens (including phenoxy) is 1. The molecule has 0 spiro atoms. The first-order valence-electron chi connectivity index (χ1n) is 5.04. The van der Waals surface area contributed by atoms with Crippen LogP contribution in [0.4, 0.5) is 4.39 Å². The van der Waals surface area contributed by atoms with Crippen molar-refractivity contribution in [1.82, 2.24) is 0 Å². The van der Waals surface area contributed by atoms with Crippen LogP contribution in [0.1, 0.15) is 37.6 Å². The number of carbonyl (C=O) groups excluding carboxylic acids is 1. The Morgan fingerprint density at radius 3 is 2.67 bits per heavy atom. The van der Waals surface area contributed by atoms with Crippen LogP contribution in [-0.2, 0) is 0 Å². The van der Waals surface area contributed by atoms with Gasteiger partial charge in [-0.1, -0.05) is 13.0 Å². The molecular weight excluding hydrogens is 195 g/mol. The Morgan fingerprint density at radius 2 is 2.13 bits per heavy atom. The molecule has 0 unspecified atom stereocenters. The van der Waals surface area contributed by atoms with Gasteiger partial charge in [-0.3, -0.25) is 4.79 Å². The third-order valence-corrected chi connectivity index (χ3v) is 1.95. The molecule has 2 nitrogen and oxygen atoms in total. The molecule has 1 aromatic rings. The maximum Gasteiger partial charge on any atom is 0.175 e. The van der Waals surface area contributed by atoms with Crippen LogP contribution in [0.3, 0.4) is 0 Å². The SMILES string of the molecule is CCC(=O)c1cccc(OC(C)C)c1F. The Balaban J connectivity index is 3.05. The average Bonchev–Trinajstić information content (AvgIpc) is 2.19. The van der Waals surface area contributed by atoms with Crippen LogP contribution in [0.2, 0.25) is 0 Å². The Labute approximate surface area is 89.1 Å². The predicted molar refractivity (Wildman–Crippen MR) is 56.8 cm³/mol. The van der Waals surface area contributed by atoms with Gasteiger partial charge in [0.2, 0.25) is 0 Å². The lowest BCUT2D eigenvalue weighted by Gasteiger charge is -2.11. The number of hydrogen-bond donors (Lipinski definition) is 0. The molecule has 0 atom stereocenters. The van der Waals surface area contributed by atoms with Crippen molar-refractivity contribution in [1.29, 1.82) is 0 Å². The van der Waals surface area contributed by atoms with Crippen molar-refractivity contribution in [2.45, 2.75) is 33.3 Å². The normalized spacial score (nSPS) is 10.5. The fraction of sp³-hybridized carbons (Fsp3) is 0.417. The molecule has 0 radical (unpaired) electrons. The number of rotatable bonds is 4. The summed E-state index contributed by atoms with van der Waals surface area (Å²) in [4.78, 5) is 11.4. The fourth-order valence-electron chi connectivity index (χ4n) is 1.26. The standard InChI is InChI=1S/C12H15FO2/c1-4-10(14)9-6-5-7-11(12(9)13)15-8(2)3/h5-8H,4H2,1-3H3. The Kier molecular flexibility index (Phi) is 3.83. The van der Waals surface area contributed by atoms with E-state index in [0.717, 1.165) is 0 Å². The van der Waals surface area contributed by atoms with E-state index in [-0.39, 0.29) is 23.2 Å². The van der Waals surface area contributed by atoms with E-state index in [9.17, 15) is 9.18 Å². The third-order valence-electron chi connectivity index (χ3n) is 1.95. The highest BCUT2D eigenvalue weighted by atomic mass is 19.1. The lowest BCUT2D eigenvalue weighted by Crippen LogP contribution is -2.09. The minimum absolute atomic E-state index is 0.105. The smallest absolute Gasteiger partial charge is 0.175 e. The maximum atomic E-state index is 13.7. The molecule has 0 saturated carbocycles. The molecule has 0 heterocycles. The lowest BCUT2D eigenvalue weighted by molar-refractivity contribution is 0.0982. The summed E-state index contributed by atoms with van der Waals surface area (Å²) in [7, 11) is 0. The van der Waals surface area contributed by atoms with Crippen LogP contribution >= 0.6 is 0 Å². The zero-order chi connectivity index (χ0) is 11.4. The predicted octanol–water partition coefficient (Wildman–Crippen LogP) is 3.21. The van der Waals surface area contributed by atoms with Crippen LogP contribution in [0.15, 0.2) is 18.2 Å². The minimum atomic E-state index is -0.557. The largest absolute Gasteiger partial charge is 0.488 e. The van der Waals surface area contributed by atoms with Crippen molar-refractivity contribution in [2.24, 2.45) is 0 Å². The molecule has 0 amide bonds. The number of Topliss-reactive ketones (excluding diaryl/α,β-unsaturated/α-hetero) is 1. The third kappa shape index (κ3) is 2.78.